The van der Waals surface area contributed by atoms with E-state index in [1.54, 1.807) is 11.8 Å². The Hall–Kier alpha value is -0.970. The molecular formula is C11H17N3OS. The summed E-state index contributed by atoms with van der Waals surface area (Å²) in [7, 11) is 0. The van der Waals surface area contributed by atoms with Crippen LogP contribution in [0.5, 0.6) is 0 Å². The summed E-state index contributed by atoms with van der Waals surface area (Å²) in [6.45, 7) is 6.93. The summed E-state index contributed by atoms with van der Waals surface area (Å²) in [6, 6.07) is 2.42. The predicted octanol–water partition coefficient (Wildman–Crippen LogP) is 2.20. The molecule has 2 unspecified atom stereocenters. The fourth-order valence-electron chi connectivity index (χ4n) is 1.47. The molecule has 0 aliphatic carbocycles. The average molecular weight is 239 g/mol. The van der Waals surface area contributed by atoms with Gasteiger partial charge in [-0.15, -0.1) is 0 Å². The maximum absolute atomic E-state index is 5.11. The van der Waals surface area contributed by atoms with Gasteiger partial charge in [-0.05, 0) is 19.8 Å². The highest BCUT2D eigenvalue weighted by Crippen LogP contribution is 2.19. The third-order valence-electron chi connectivity index (χ3n) is 2.74. The Morgan fingerprint density at radius 2 is 2.44 bits per heavy atom. The Morgan fingerprint density at radius 1 is 1.62 bits per heavy atom. The van der Waals surface area contributed by atoms with Crippen LogP contribution in [0.3, 0.4) is 0 Å². The Bertz CT molecular complexity index is 388. The number of nitrogens with one attached hydrogen (secondary N) is 1. The van der Waals surface area contributed by atoms with Gasteiger partial charge in [0.05, 0.1) is 5.69 Å². The van der Waals surface area contributed by atoms with E-state index in [-0.39, 0.29) is 0 Å². The fraction of sp³-hybridized carbons (Fsp3) is 0.636. The van der Waals surface area contributed by atoms with Crippen LogP contribution in [0, 0.1) is 12.8 Å². The number of thioether (sulfide) groups is 1. The Balaban J connectivity index is 1.93. The largest absolute Gasteiger partial charge is 0.362 e. The molecule has 2 atom stereocenters. The molecule has 1 saturated heterocycles. The van der Waals surface area contributed by atoms with Gasteiger partial charge in [-0.2, -0.15) is 0 Å². The van der Waals surface area contributed by atoms with Crippen molar-refractivity contribution in [2.45, 2.75) is 33.4 Å². The van der Waals surface area contributed by atoms with E-state index >= 15 is 0 Å². The fourth-order valence-corrected chi connectivity index (χ4v) is 2.60. The van der Waals surface area contributed by atoms with Crippen LogP contribution in [-0.4, -0.2) is 22.1 Å². The van der Waals surface area contributed by atoms with Gasteiger partial charge in [0, 0.05) is 17.9 Å². The van der Waals surface area contributed by atoms with Crippen molar-refractivity contribution in [3.63, 3.8) is 0 Å². The predicted molar refractivity (Wildman–Crippen MR) is 66.6 cm³/mol. The molecule has 1 aliphatic rings. The molecule has 0 radical (unpaired) electrons. The lowest BCUT2D eigenvalue weighted by molar-refractivity contribution is 0.381. The molecular weight excluding hydrogens is 222 g/mol. The van der Waals surface area contributed by atoms with Crippen molar-refractivity contribution in [1.82, 2.24) is 10.5 Å². The molecule has 0 spiro atoms. The first-order valence-electron chi connectivity index (χ1n) is 5.51. The molecule has 1 aliphatic heterocycles. The average Bonchev–Trinajstić information content (AvgIpc) is 2.66. The minimum Gasteiger partial charge on any atom is -0.362 e. The first-order chi connectivity index (χ1) is 7.65. The number of rotatable bonds is 2. The van der Waals surface area contributed by atoms with Crippen molar-refractivity contribution in [2.75, 3.05) is 5.75 Å². The molecule has 0 amide bonds. The smallest absolute Gasteiger partial charge is 0.158 e. The zero-order valence-electron chi connectivity index (χ0n) is 9.86. The lowest BCUT2D eigenvalue weighted by Gasteiger charge is -2.28. The number of nitrogens with zero attached hydrogens (tertiary/aromatic N) is 2. The van der Waals surface area contributed by atoms with Gasteiger partial charge in [-0.1, -0.05) is 23.8 Å². The minimum atomic E-state index is 0.497. The number of hydrogen-bond donors (Lipinski definition) is 1. The second-order valence-electron chi connectivity index (χ2n) is 4.28. The van der Waals surface area contributed by atoms with Crippen molar-refractivity contribution in [3.8, 4) is 0 Å². The summed E-state index contributed by atoms with van der Waals surface area (Å²) in [5.74, 6) is 2.64. The molecule has 0 saturated carbocycles. The molecule has 1 fully saturated rings. The van der Waals surface area contributed by atoms with Crippen molar-refractivity contribution < 1.29 is 4.52 Å². The van der Waals surface area contributed by atoms with E-state index in [0.717, 1.165) is 22.4 Å². The molecule has 0 aromatic carbocycles. The standard InChI is InChI=1S/C11H17N3OS/c1-7-6-16-11(13-9(7)3)12-5-10-4-8(2)14-15-10/h4,7,9H,5-6H2,1-3H3,(H,12,13). The second kappa shape index (κ2) is 4.91. The molecule has 1 aromatic heterocycles. The maximum Gasteiger partial charge on any atom is 0.158 e. The van der Waals surface area contributed by atoms with Gasteiger partial charge in [0.25, 0.3) is 0 Å². The highest BCUT2D eigenvalue weighted by molar-refractivity contribution is 8.13. The topological polar surface area (TPSA) is 50.4 Å². The molecule has 1 aromatic rings. The van der Waals surface area contributed by atoms with Gasteiger partial charge < -0.3 is 9.84 Å². The van der Waals surface area contributed by atoms with Crippen LogP contribution >= 0.6 is 11.8 Å². The quantitative estimate of drug-likeness (QED) is 0.859. The van der Waals surface area contributed by atoms with E-state index in [4.69, 9.17) is 4.52 Å². The molecule has 88 valence electrons. The number of aromatic nitrogens is 1. The van der Waals surface area contributed by atoms with E-state index in [1.807, 2.05) is 13.0 Å². The van der Waals surface area contributed by atoms with Gasteiger partial charge >= 0.3 is 0 Å². The van der Waals surface area contributed by atoms with Crippen LogP contribution < -0.4 is 5.32 Å². The second-order valence-corrected chi connectivity index (χ2v) is 5.29. The van der Waals surface area contributed by atoms with E-state index in [9.17, 15) is 0 Å². The molecule has 0 bridgehead atoms. The minimum absolute atomic E-state index is 0.497. The summed E-state index contributed by atoms with van der Waals surface area (Å²) in [6.07, 6.45) is 0. The molecule has 16 heavy (non-hydrogen) atoms. The van der Waals surface area contributed by atoms with Crippen LogP contribution in [0.1, 0.15) is 25.3 Å². The number of amidine groups is 1. The SMILES string of the molecule is Cc1cc(CN=C2NC(C)C(C)CS2)on1. The van der Waals surface area contributed by atoms with Crippen LogP contribution in [0.4, 0.5) is 0 Å². The van der Waals surface area contributed by atoms with Gasteiger partial charge in [-0.3, -0.25) is 4.99 Å². The summed E-state index contributed by atoms with van der Waals surface area (Å²) in [5.41, 5.74) is 0.904. The number of aryl methyl sites for hydroxylation is 1. The van der Waals surface area contributed by atoms with Crippen molar-refractivity contribution in [2.24, 2.45) is 10.9 Å². The van der Waals surface area contributed by atoms with Gasteiger partial charge in [-0.25, -0.2) is 0 Å². The van der Waals surface area contributed by atoms with Crippen LogP contribution in [0.25, 0.3) is 0 Å². The zero-order valence-corrected chi connectivity index (χ0v) is 10.7. The van der Waals surface area contributed by atoms with Crippen LogP contribution in [-0.2, 0) is 6.54 Å². The van der Waals surface area contributed by atoms with Gasteiger partial charge in [0.2, 0.25) is 0 Å². The van der Waals surface area contributed by atoms with Crippen LogP contribution in [0.2, 0.25) is 0 Å². The molecule has 1 N–H and O–H groups in total. The first kappa shape index (κ1) is 11.5. The lowest BCUT2D eigenvalue weighted by atomic mass is 10.1. The van der Waals surface area contributed by atoms with E-state index in [0.29, 0.717) is 18.5 Å². The van der Waals surface area contributed by atoms with E-state index in [2.05, 4.69) is 29.3 Å². The van der Waals surface area contributed by atoms with Crippen molar-refractivity contribution >= 4 is 16.9 Å². The lowest BCUT2D eigenvalue weighted by Crippen LogP contribution is -2.41. The normalized spacial score (nSPS) is 28.1. The zero-order chi connectivity index (χ0) is 11.5. The molecule has 2 rings (SSSR count). The maximum atomic E-state index is 5.11. The van der Waals surface area contributed by atoms with Crippen molar-refractivity contribution in [3.05, 3.63) is 17.5 Å². The van der Waals surface area contributed by atoms with Crippen LogP contribution in [0.15, 0.2) is 15.6 Å². The van der Waals surface area contributed by atoms with Gasteiger partial charge in [0.1, 0.15) is 6.54 Å². The van der Waals surface area contributed by atoms with E-state index in [1.165, 1.54) is 0 Å². The third kappa shape index (κ3) is 2.78. The number of aliphatic imine (C=N–C) groups is 1. The highest BCUT2D eigenvalue weighted by Gasteiger charge is 2.20. The summed E-state index contributed by atoms with van der Waals surface area (Å²) < 4.78 is 5.11. The summed E-state index contributed by atoms with van der Waals surface area (Å²) in [4.78, 5) is 4.49. The molecule has 2 heterocycles. The first-order valence-corrected chi connectivity index (χ1v) is 6.49. The summed E-state index contributed by atoms with van der Waals surface area (Å²) in [5, 5.41) is 8.24. The Labute approximate surface area is 99.9 Å². The monoisotopic (exact) mass is 239 g/mol. The van der Waals surface area contributed by atoms with E-state index < -0.39 is 0 Å². The highest BCUT2D eigenvalue weighted by atomic mass is 32.2. The summed E-state index contributed by atoms with van der Waals surface area (Å²) >= 11 is 1.78. The molecule has 5 heteroatoms. The molecule has 4 nitrogen and oxygen atoms in total. The van der Waals surface area contributed by atoms with Crippen molar-refractivity contribution in [1.29, 1.82) is 0 Å². The van der Waals surface area contributed by atoms with Gasteiger partial charge in [0.15, 0.2) is 10.9 Å². The third-order valence-corrected chi connectivity index (χ3v) is 3.96. The Morgan fingerprint density at radius 3 is 3.06 bits per heavy atom. The number of hydrogen-bond acceptors (Lipinski definition) is 4. The Kier molecular flexibility index (Phi) is 3.53.